The Kier molecular flexibility index (Phi) is 32.8. The first kappa shape index (κ1) is 49.2. The number of likely N-dealkylation sites (N-methyl/N-ethyl adjacent to an activating group) is 1. The van der Waals surface area contributed by atoms with Crippen LogP contribution in [0.2, 0.25) is 0 Å². The minimum atomic E-state index is -4.62. The maximum absolute atomic E-state index is 12.6. The lowest BCUT2D eigenvalue weighted by atomic mass is 10.1. The molecule has 0 aromatic carbocycles. The molecule has 0 fully saturated rings. The number of rotatable bonds is 36. The Bertz CT molecular complexity index is 975. The topological polar surface area (TPSA) is 111 Å². The summed E-state index contributed by atoms with van der Waals surface area (Å²) in [6, 6.07) is 0. The van der Waals surface area contributed by atoms with Gasteiger partial charge in [-0.2, -0.15) is 0 Å². The molecule has 0 rings (SSSR count). The van der Waals surface area contributed by atoms with Gasteiger partial charge in [0.25, 0.3) is 7.82 Å². The van der Waals surface area contributed by atoms with Gasteiger partial charge >= 0.3 is 11.9 Å². The van der Waals surface area contributed by atoms with Gasteiger partial charge in [0.05, 0.1) is 27.7 Å². The number of allylic oxidation sites excluding steroid dienone is 6. The Hall–Kier alpha value is -1.77. The number of phosphoric acid groups is 1. The highest BCUT2D eigenvalue weighted by Gasteiger charge is 2.21. The molecule has 298 valence electrons. The maximum atomic E-state index is 12.6. The van der Waals surface area contributed by atoms with Gasteiger partial charge < -0.3 is 27.9 Å². The quantitative estimate of drug-likeness (QED) is 0.0205. The molecule has 0 spiro atoms. The van der Waals surface area contributed by atoms with Gasteiger partial charge in [-0.05, 0) is 64.2 Å². The Morgan fingerprint density at radius 2 is 1.10 bits per heavy atom. The summed E-state index contributed by atoms with van der Waals surface area (Å²) in [7, 11) is 1.15. The third-order valence-corrected chi connectivity index (χ3v) is 9.33. The van der Waals surface area contributed by atoms with Crippen molar-refractivity contribution in [2.24, 2.45) is 0 Å². The van der Waals surface area contributed by atoms with Crippen LogP contribution < -0.4 is 4.89 Å². The molecule has 9 nitrogen and oxygen atoms in total. The van der Waals surface area contributed by atoms with Gasteiger partial charge in [-0.3, -0.25) is 14.2 Å². The maximum Gasteiger partial charge on any atom is 0.306 e. The Morgan fingerprint density at radius 3 is 1.65 bits per heavy atom. The molecule has 0 saturated carbocycles. The molecule has 0 bridgehead atoms. The molecule has 0 heterocycles. The van der Waals surface area contributed by atoms with Gasteiger partial charge in [0.1, 0.15) is 19.8 Å². The first-order chi connectivity index (χ1) is 24.5. The van der Waals surface area contributed by atoms with E-state index in [2.05, 4.69) is 50.3 Å². The second-order valence-corrected chi connectivity index (χ2v) is 16.1. The number of esters is 2. The van der Waals surface area contributed by atoms with Crippen LogP contribution in [0.3, 0.4) is 0 Å². The van der Waals surface area contributed by atoms with E-state index in [-0.39, 0.29) is 26.1 Å². The van der Waals surface area contributed by atoms with Crippen LogP contribution in [0, 0.1) is 0 Å². The Labute approximate surface area is 312 Å². The number of carbonyl (C=O) groups is 2. The van der Waals surface area contributed by atoms with E-state index < -0.39 is 32.5 Å². The fourth-order valence-electron chi connectivity index (χ4n) is 5.16. The first-order valence-corrected chi connectivity index (χ1v) is 21.7. The third-order valence-electron chi connectivity index (χ3n) is 8.36. The highest BCUT2D eigenvalue weighted by atomic mass is 31.2. The first-order valence-electron chi connectivity index (χ1n) is 20.2. The van der Waals surface area contributed by atoms with E-state index in [0.29, 0.717) is 17.4 Å². The summed E-state index contributed by atoms with van der Waals surface area (Å²) in [6.07, 6.45) is 36.0. The van der Waals surface area contributed by atoms with Crippen molar-refractivity contribution in [2.75, 3.05) is 47.5 Å². The van der Waals surface area contributed by atoms with Crippen LogP contribution in [0.1, 0.15) is 162 Å². The van der Waals surface area contributed by atoms with Crippen molar-refractivity contribution in [3.05, 3.63) is 36.5 Å². The highest BCUT2D eigenvalue weighted by Crippen LogP contribution is 2.38. The Morgan fingerprint density at radius 1 is 0.608 bits per heavy atom. The van der Waals surface area contributed by atoms with Crippen LogP contribution in [0.25, 0.3) is 0 Å². The van der Waals surface area contributed by atoms with Gasteiger partial charge in [0.15, 0.2) is 6.10 Å². The predicted molar refractivity (Wildman–Crippen MR) is 208 cm³/mol. The summed E-state index contributed by atoms with van der Waals surface area (Å²) < 4.78 is 33.7. The van der Waals surface area contributed by atoms with Crippen molar-refractivity contribution in [3.63, 3.8) is 0 Å². The molecule has 0 aromatic rings. The van der Waals surface area contributed by atoms with Gasteiger partial charge in [0, 0.05) is 12.8 Å². The smallest absolute Gasteiger partial charge is 0.306 e. The molecule has 2 unspecified atom stereocenters. The zero-order valence-corrected chi connectivity index (χ0v) is 34.2. The van der Waals surface area contributed by atoms with Crippen molar-refractivity contribution in [3.8, 4) is 0 Å². The number of ether oxygens (including phenoxy) is 2. The molecule has 0 aliphatic carbocycles. The summed E-state index contributed by atoms with van der Waals surface area (Å²) in [6.45, 7) is 4.10. The van der Waals surface area contributed by atoms with E-state index >= 15 is 0 Å². The van der Waals surface area contributed by atoms with Crippen LogP contribution >= 0.6 is 7.82 Å². The van der Waals surface area contributed by atoms with E-state index in [1.165, 1.54) is 51.4 Å². The average Bonchev–Trinajstić information content (AvgIpc) is 3.07. The molecule has 0 radical (unpaired) electrons. The Balaban J connectivity index is 4.40. The molecule has 0 aliphatic rings. The van der Waals surface area contributed by atoms with E-state index in [1.807, 2.05) is 21.1 Å². The summed E-state index contributed by atoms with van der Waals surface area (Å²) in [5, 5.41) is 0. The van der Waals surface area contributed by atoms with Crippen LogP contribution in [0.4, 0.5) is 0 Å². The second kappa shape index (κ2) is 34.0. The van der Waals surface area contributed by atoms with Crippen LogP contribution in [-0.2, 0) is 32.7 Å². The van der Waals surface area contributed by atoms with Crippen molar-refractivity contribution in [1.82, 2.24) is 0 Å². The number of unbranched alkanes of at least 4 members (excludes halogenated alkanes) is 16. The van der Waals surface area contributed by atoms with Crippen molar-refractivity contribution < 1.29 is 42.1 Å². The molecule has 0 amide bonds. The zero-order valence-electron chi connectivity index (χ0n) is 33.3. The van der Waals surface area contributed by atoms with Gasteiger partial charge in [-0.15, -0.1) is 0 Å². The fraction of sp³-hybridized carbons (Fsp3) is 0.805. The number of nitrogens with zero attached hydrogens (tertiary/aromatic N) is 1. The molecule has 0 saturated heterocycles. The van der Waals surface area contributed by atoms with Crippen molar-refractivity contribution in [2.45, 2.75) is 168 Å². The largest absolute Gasteiger partial charge is 0.756 e. The molecule has 0 aliphatic heterocycles. The molecule has 0 aromatic heterocycles. The van der Waals surface area contributed by atoms with Crippen LogP contribution in [0.5, 0.6) is 0 Å². The second-order valence-electron chi connectivity index (χ2n) is 14.6. The molecule has 0 N–H and O–H groups in total. The average molecular weight is 742 g/mol. The third kappa shape index (κ3) is 37.8. The van der Waals surface area contributed by atoms with E-state index in [4.69, 9.17) is 18.5 Å². The van der Waals surface area contributed by atoms with Crippen LogP contribution in [-0.4, -0.2) is 70.0 Å². The van der Waals surface area contributed by atoms with E-state index in [9.17, 15) is 19.0 Å². The SMILES string of the molecule is CCC/C=C\CCCCCCCC(=O)OCC(COP(=O)([O-])OCC[N+](C)(C)C)OC(=O)CCCCCCCCC/C=C\C/C=C\CCCCC. The van der Waals surface area contributed by atoms with Crippen molar-refractivity contribution in [1.29, 1.82) is 0 Å². The minimum Gasteiger partial charge on any atom is -0.756 e. The molecular weight excluding hydrogens is 665 g/mol. The van der Waals surface area contributed by atoms with E-state index in [1.54, 1.807) is 0 Å². The molecular formula is C41H76NO8P. The molecule has 10 heteroatoms. The van der Waals surface area contributed by atoms with Gasteiger partial charge in [-0.25, -0.2) is 0 Å². The number of phosphoric ester groups is 1. The lowest BCUT2D eigenvalue weighted by molar-refractivity contribution is -0.870. The summed E-state index contributed by atoms with van der Waals surface area (Å²) in [5.74, 6) is -0.858. The van der Waals surface area contributed by atoms with Crippen molar-refractivity contribution >= 4 is 19.8 Å². The van der Waals surface area contributed by atoms with E-state index in [0.717, 1.165) is 77.0 Å². The van der Waals surface area contributed by atoms with Gasteiger partial charge in [0.2, 0.25) is 0 Å². The normalized spacial score (nSPS) is 14.1. The highest BCUT2D eigenvalue weighted by molar-refractivity contribution is 7.45. The summed E-state index contributed by atoms with van der Waals surface area (Å²) in [5.41, 5.74) is 0. The lowest BCUT2D eigenvalue weighted by Gasteiger charge is -2.28. The summed E-state index contributed by atoms with van der Waals surface area (Å²) in [4.78, 5) is 37.3. The standard InChI is InChI=1S/C41H76NO8P/c1-6-8-10-12-14-16-18-19-20-21-22-23-24-26-28-30-32-34-41(44)50-39(38-49-51(45,46)48-36-35-42(3,4)5)37-47-40(43)33-31-29-27-25-17-15-13-11-9-7-2/h11,13-14,16,19-20,39H,6-10,12,15,17-18,21-38H2,1-5H3/b13-11-,16-14-,20-19-. The van der Waals surface area contributed by atoms with Crippen LogP contribution in [0.15, 0.2) is 36.5 Å². The number of hydrogen-bond donors (Lipinski definition) is 0. The fourth-order valence-corrected chi connectivity index (χ4v) is 5.88. The molecule has 51 heavy (non-hydrogen) atoms. The number of quaternary nitrogens is 1. The minimum absolute atomic E-state index is 0.0343. The zero-order chi connectivity index (χ0) is 37.9. The molecule has 2 atom stereocenters. The number of hydrogen-bond acceptors (Lipinski definition) is 8. The lowest BCUT2D eigenvalue weighted by Crippen LogP contribution is -2.37. The predicted octanol–water partition coefficient (Wildman–Crippen LogP) is 10.3. The monoisotopic (exact) mass is 742 g/mol. The van der Waals surface area contributed by atoms with Gasteiger partial charge in [-0.1, -0.05) is 121 Å². The number of carbonyl (C=O) groups excluding carboxylic acids is 2. The summed E-state index contributed by atoms with van der Waals surface area (Å²) >= 11 is 0.